The zero-order valence-electron chi connectivity index (χ0n) is 12.7. The van der Waals surface area contributed by atoms with Crippen LogP contribution in [-0.2, 0) is 27.1 Å². The lowest BCUT2D eigenvalue weighted by molar-refractivity contribution is 0.278. The molecular formula is C13H19FN2O5S2. The van der Waals surface area contributed by atoms with E-state index in [0.29, 0.717) is 26.2 Å². The summed E-state index contributed by atoms with van der Waals surface area (Å²) in [5.74, 6) is -0.0876. The van der Waals surface area contributed by atoms with E-state index in [1.165, 1.54) is 22.7 Å². The van der Waals surface area contributed by atoms with Crippen LogP contribution in [0.2, 0.25) is 0 Å². The molecule has 0 radical (unpaired) electrons. The van der Waals surface area contributed by atoms with Gasteiger partial charge in [0.25, 0.3) is 0 Å². The molecule has 1 saturated heterocycles. The number of sulfonamides is 1. The first-order valence-electron chi connectivity index (χ1n) is 7.04. The van der Waals surface area contributed by atoms with Crippen molar-refractivity contribution in [3.63, 3.8) is 0 Å². The SMILES string of the molecule is CS(=O)(=O)N1CCCN(Cc2ccc(OS(=O)(=O)F)cc2)CC1. The van der Waals surface area contributed by atoms with Gasteiger partial charge in [-0.3, -0.25) is 4.90 Å². The summed E-state index contributed by atoms with van der Waals surface area (Å²) in [7, 11) is -8.19. The van der Waals surface area contributed by atoms with Crippen LogP contribution in [-0.4, -0.2) is 58.5 Å². The molecule has 0 aromatic heterocycles. The predicted molar refractivity (Wildman–Crippen MR) is 83.4 cm³/mol. The molecule has 0 amide bonds. The molecule has 1 aliphatic heterocycles. The molecule has 1 aromatic rings. The Labute approximate surface area is 136 Å². The largest absolute Gasteiger partial charge is 0.488 e. The first-order valence-corrected chi connectivity index (χ1v) is 10.2. The average Bonchev–Trinajstić information content (AvgIpc) is 2.64. The second kappa shape index (κ2) is 7.12. The smallest absolute Gasteiger partial charge is 0.358 e. The molecule has 0 bridgehead atoms. The number of hydrogen-bond donors (Lipinski definition) is 0. The fourth-order valence-electron chi connectivity index (χ4n) is 2.46. The second-order valence-corrected chi connectivity index (χ2v) is 8.35. The van der Waals surface area contributed by atoms with Gasteiger partial charge in [-0.1, -0.05) is 16.0 Å². The van der Waals surface area contributed by atoms with Crippen LogP contribution < -0.4 is 4.18 Å². The topological polar surface area (TPSA) is 84.0 Å². The summed E-state index contributed by atoms with van der Waals surface area (Å²) in [6.45, 7) is 2.93. The van der Waals surface area contributed by atoms with Crippen molar-refractivity contribution in [3.8, 4) is 5.75 Å². The van der Waals surface area contributed by atoms with E-state index in [2.05, 4.69) is 9.08 Å². The molecule has 130 valence electrons. The summed E-state index contributed by atoms with van der Waals surface area (Å²) in [5.41, 5.74) is 0.904. The number of nitrogens with zero attached hydrogens (tertiary/aromatic N) is 2. The fraction of sp³-hybridized carbons (Fsp3) is 0.538. The average molecular weight is 366 g/mol. The molecule has 2 rings (SSSR count). The zero-order valence-corrected chi connectivity index (χ0v) is 14.3. The Kier molecular flexibility index (Phi) is 5.61. The minimum Gasteiger partial charge on any atom is -0.358 e. The quantitative estimate of drug-likeness (QED) is 0.715. The van der Waals surface area contributed by atoms with Gasteiger partial charge < -0.3 is 4.18 Å². The van der Waals surface area contributed by atoms with Crippen LogP contribution in [0.3, 0.4) is 0 Å². The highest BCUT2D eigenvalue weighted by molar-refractivity contribution is 7.88. The van der Waals surface area contributed by atoms with Crippen LogP contribution in [0.15, 0.2) is 24.3 Å². The van der Waals surface area contributed by atoms with E-state index in [4.69, 9.17) is 0 Å². The number of hydrogen-bond acceptors (Lipinski definition) is 6. The Morgan fingerprint density at radius 3 is 2.26 bits per heavy atom. The van der Waals surface area contributed by atoms with E-state index in [9.17, 15) is 20.7 Å². The lowest BCUT2D eigenvalue weighted by Gasteiger charge is -2.20. The maximum atomic E-state index is 12.4. The highest BCUT2D eigenvalue weighted by Gasteiger charge is 2.21. The number of rotatable bonds is 5. The van der Waals surface area contributed by atoms with Gasteiger partial charge in [0.2, 0.25) is 10.0 Å². The van der Waals surface area contributed by atoms with Crippen LogP contribution in [0, 0.1) is 0 Å². The van der Waals surface area contributed by atoms with Gasteiger partial charge in [-0.25, -0.2) is 12.7 Å². The Morgan fingerprint density at radius 1 is 1.04 bits per heavy atom. The Morgan fingerprint density at radius 2 is 1.70 bits per heavy atom. The van der Waals surface area contributed by atoms with Crippen molar-refractivity contribution in [1.29, 1.82) is 0 Å². The van der Waals surface area contributed by atoms with Crippen molar-refractivity contribution >= 4 is 20.5 Å². The summed E-state index contributed by atoms with van der Waals surface area (Å²) < 4.78 is 62.0. The highest BCUT2D eigenvalue weighted by Crippen LogP contribution is 2.17. The molecule has 1 fully saturated rings. The summed E-state index contributed by atoms with van der Waals surface area (Å²) in [6, 6.07) is 6.07. The van der Waals surface area contributed by atoms with Crippen molar-refractivity contribution in [3.05, 3.63) is 29.8 Å². The van der Waals surface area contributed by atoms with Crippen molar-refractivity contribution in [2.45, 2.75) is 13.0 Å². The third-order valence-corrected chi connectivity index (χ3v) is 5.24. The van der Waals surface area contributed by atoms with Crippen molar-refractivity contribution < 1.29 is 24.9 Å². The molecule has 1 aliphatic rings. The van der Waals surface area contributed by atoms with Crippen LogP contribution in [0.5, 0.6) is 5.75 Å². The highest BCUT2D eigenvalue weighted by atomic mass is 32.3. The van der Waals surface area contributed by atoms with E-state index in [1.807, 2.05) is 0 Å². The van der Waals surface area contributed by atoms with Crippen LogP contribution >= 0.6 is 0 Å². The molecule has 0 saturated carbocycles. The Balaban J connectivity index is 1.94. The zero-order chi connectivity index (χ0) is 17.1. The molecule has 0 unspecified atom stereocenters. The van der Waals surface area contributed by atoms with Crippen LogP contribution in [0.1, 0.15) is 12.0 Å². The third-order valence-electron chi connectivity index (χ3n) is 3.54. The second-order valence-electron chi connectivity index (χ2n) is 5.41. The molecule has 1 aromatic carbocycles. The molecule has 10 heteroatoms. The standard InChI is InChI=1S/C13H19FN2O5S2/c1-22(17,18)16-8-2-7-15(9-10-16)11-12-3-5-13(6-4-12)21-23(14,19)20/h3-6H,2,7-11H2,1H3. The fourth-order valence-corrected chi connectivity index (χ4v) is 3.68. The Hall–Kier alpha value is -1.23. The minimum absolute atomic E-state index is 0.0876. The van der Waals surface area contributed by atoms with Crippen molar-refractivity contribution in [2.75, 3.05) is 32.4 Å². The predicted octanol–water partition coefficient (Wildman–Crippen LogP) is 0.747. The maximum Gasteiger partial charge on any atom is 0.488 e. The summed E-state index contributed by atoms with van der Waals surface area (Å²) >= 11 is 0. The van der Waals surface area contributed by atoms with Gasteiger partial charge in [-0.15, -0.1) is 0 Å². The van der Waals surface area contributed by atoms with Gasteiger partial charge in [0.05, 0.1) is 6.26 Å². The van der Waals surface area contributed by atoms with E-state index < -0.39 is 20.5 Å². The van der Waals surface area contributed by atoms with Crippen LogP contribution in [0.4, 0.5) is 3.89 Å². The molecule has 23 heavy (non-hydrogen) atoms. The molecule has 0 spiro atoms. The first-order chi connectivity index (χ1) is 10.6. The van der Waals surface area contributed by atoms with Gasteiger partial charge in [0.15, 0.2) is 0 Å². The molecular weight excluding hydrogens is 347 g/mol. The first kappa shape index (κ1) is 18.1. The lowest BCUT2D eigenvalue weighted by atomic mass is 10.2. The normalized spacial score (nSPS) is 18.5. The van der Waals surface area contributed by atoms with Gasteiger partial charge >= 0.3 is 10.5 Å². The lowest BCUT2D eigenvalue weighted by Crippen LogP contribution is -2.34. The van der Waals surface area contributed by atoms with Crippen molar-refractivity contribution in [2.24, 2.45) is 0 Å². The van der Waals surface area contributed by atoms with E-state index >= 15 is 0 Å². The maximum absolute atomic E-state index is 12.4. The summed E-state index contributed by atoms with van der Waals surface area (Å²) in [5, 5.41) is 0. The van der Waals surface area contributed by atoms with Gasteiger partial charge in [-0.2, -0.15) is 8.42 Å². The van der Waals surface area contributed by atoms with E-state index in [-0.39, 0.29) is 5.75 Å². The van der Waals surface area contributed by atoms with Gasteiger partial charge in [0.1, 0.15) is 5.75 Å². The number of halogens is 1. The van der Waals surface area contributed by atoms with Gasteiger partial charge in [-0.05, 0) is 30.7 Å². The monoisotopic (exact) mass is 366 g/mol. The molecule has 1 heterocycles. The molecule has 0 atom stereocenters. The van der Waals surface area contributed by atoms with E-state index in [1.54, 1.807) is 12.1 Å². The van der Waals surface area contributed by atoms with Crippen LogP contribution in [0.25, 0.3) is 0 Å². The number of benzene rings is 1. The molecule has 0 N–H and O–H groups in total. The minimum atomic E-state index is -5.01. The summed E-state index contributed by atoms with van der Waals surface area (Å²) in [4.78, 5) is 2.12. The van der Waals surface area contributed by atoms with Gasteiger partial charge in [0, 0.05) is 26.2 Å². The van der Waals surface area contributed by atoms with Crippen molar-refractivity contribution in [1.82, 2.24) is 9.21 Å². The third kappa shape index (κ3) is 6.05. The summed E-state index contributed by atoms with van der Waals surface area (Å²) in [6.07, 6.45) is 1.95. The Bertz CT molecular complexity index is 734. The van der Waals surface area contributed by atoms with E-state index in [0.717, 1.165) is 18.5 Å². The molecule has 0 aliphatic carbocycles. The molecule has 7 nitrogen and oxygen atoms in total.